The number of rotatable bonds is 11. The number of hydrogen-bond acceptors (Lipinski definition) is 9. The molecule has 2 aliphatic heterocycles. The van der Waals surface area contributed by atoms with Crippen molar-refractivity contribution in [3.63, 3.8) is 0 Å². The quantitative estimate of drug-likeness (QED) is 0.257. The third-order valence-corrected chi connectivity index (χ3v) is 8.19. The Balaban J connectivity index is 1.10. The summed E-state index contributed by atoms with van der Waals surface area (Å²) in [6, 6.07) is 13.1. The number of piperidine rings is 1. The SMILES string of the molecule is N#Cc1ccc(COc2ccnc(C3CCN(Cc4nc5ccc(C(=O)NCC(=O)O)cc5n4C[C@@H]4CCO4)CC3)n2)c(F)c1. The molecule has 13 heteroatoms. The van der Waals surface area contributed by atoms with Gasteiger partial charge in [0.15, 0.2) is 0 Å². The molecule has 12 nitrogen and oxygen atoms in total. The zero-order valence-corrected chi connectivity index (χ0v) is 24.5. The van der Waals surface area contributed by atoms with Gasteiger partial charge in [0.2, 0.25) is 5.88 Å². The van der Waals surface area contributed by atoms with Gasteiger partial charge in [0, 0.05) is 35.9 Å². The van der Waals surface area contributed by atoms with Crippen LogP contribution in [-0.4, -0.2) is 73.7 Å². The lowest BCUT2D eigenvalue weighted by Crippen LogP contribution is -2.35. The van der Waals surface area contributed by atoms with Gasteiger partial charge in [-0.15, -0.1) is 0 Å². The normalized spacial score (nSPS) is 17.0. The van der Waals surface area contributed by atoms with Crippen molar-refractivity contribution in [2.75, 3.05) is 26.2 Å². The molecule has 0 aliphatic carbocycles. The average molecular weight is 614 g/mol. The van der Waals surface area contributed by atoms with Crippen LogP contribution in [0.15, 0.2) is 48.7 Å². The van der Waals surface area contributed by atoms with Crippen molar-refractivity contribution >= 4 is 22.9 Å². The van der Waals surface area contributed by atoms with E-state index in [2.05, 4.69) is 24.8 Å². The Morgan fingerprint density at radius 3 is 2.67 bits per heavy atom. The van der Waals surface area contributed by atoms with Crippen LogP contribution in [0.4, 0.5) is 4.39 Å². The van der Waals surface area contributed by atoms with Gasteiger partial charge < -0.3 is 24.5 Å². The minimum atomic E-state index is -1.10. The number of ether oxygens (including phenoxy) is 2. The summed E-state index contributed by atoms with van der Waals surface area (Å²) in [5.74, 6) is 0.0327. The number of halogens is 1. The summed E-state index contributed by atoms with van der Waals surface area (Å²) in [7, 11) is 0. The first kappa shape index (κ1) is 30.1. The molecule has 2 aromatic heterocycles. The maximum Gasteiger partial charge on any atom is 0.322 e. The van der Waals surface area contributed by atoms with Crippen LogP contribution in [0.25, 0.3) is 11.0 Å². The van der Waals surface area contributed by atoms with Crippen molar-refractivity contribution in [2.24, 2.45) is 0 Å². The topological polar surface area (TPSA) is 155 Å². The molecule has 45 heavy (non-hydrogen) atoms. The maximum absolute atomic E-state index is 14.3. The summed E-state index contributed by atoms with van der Waals surface area (Å²) in [6.07, 6.45) is 4.37. The number of carboxylic acids is 1. The fraction of sp³-hybridized carbons (Fsp3) is 0.375. The molecule has 0 radical (unpaired) electrons. The van der Waals surface area contributed by atoms with E-state index >= 15 is 0 Å². The van der Waals surface area contributed by atoms with Crippen LogP contribution in [0.3, 0.4) is 0 Å². The Kier molecular flexibility index (Phi) is 8.95. The smallest absolute Gasteiger partial charge is 0.322 e. The van der Waals surface area contributed by atoms with Crippen LogP contribution in [0.5, 0.6) is 5.88 Å². The highest BCUT2D eigenvalue weighted by Gasteiger charge is 2.27. The minimum Gasteiger partial charge on any atom is -0.480 e. The van der Waals surface area contributed by atoms with Gasteiger partial charge in [-0.1, -0.05) is 6.07 Å². The molecular weight excluding hydrogens is 581 g/mol. The largest absolute Gasteiger partial charge is 0.480 e. The summed E-state index contributed by atoms with van der Waals surface area (Å²) in [6.45, 7) is 3.12. The second-order valence-corrected chi connectivity index (χ2v) is 11.2. The Hall–Kier alpha value is -4.93. The van der Waals surface area contributed by atoms with E-state index in [0.717, 1.165) is 55.8 Å². The van der Waals surface area contributed by atoms with Crippen LogP contribution >= 0.6 is 0 Å². The van der Waals surface area contributed by atoms with E-state index in [4.69, 9.17) is 24.8 Å². The summed E-state index contributed by atoms with van der Waals surface area (Å²) < 4.78 is 27.8. The van der Waals surface area contributed by atoms with Crippen LogP contribution in [0.1, 0.15) is 58.3 Å². The van der Waals surface area contributed by atoms with Gasteiger partial charge >= 0.3 is 5.97 Å². The maximum atomic E-state index is 14.3. The van der Waals surface area contributed by atoms with E-state index in [1.807, 2.05) is 6.07 Å². The molecule has 2 aliphatic rings. The third kappa shape index (κ3) is 7.08. The molecule has 2 fully saturated rings. The molecule has 2 aromatic carbocycles. The summed E-state index contributed by atoms with van der Waals surface area (Å²) in [5, 5.41) is 20.3. The predicted octanol–water partition coefficient (Wildman–Crippen LogP) is 3.40. The molecule has 2 saturated heterocycles. The number of hydrogen-bond donors (Lipinski definition) is 2. The lowest BCUT2D eigenvalue weighted by Gasteiger charge is -2.32. The van der Waals surface area contributed by atoms with Gasteiger partial charge in [0.05, 0.1) is 41.9 Å². The molecule has 4 heterocycles. The van der Waals surface area contributed by atoms with Crippen molar-refractivity contribution in [1.82, 2.24) is 29.7 Å². The highest BCUT2D eigenvalue weighted by molar-refractivity contribution is 5.98. The fourth-order valence-corrected chi connectivity index (χ4v) is 5.60. The molecule has 2 N–H and O–H groups in total. The number of imidazole rings is 1. The summed E-state index contributed by atoms with van der Waals surface area (Å²) in [5.41, 5.74) is 2.55. The first-order chi connectivity index (χ1) is 21.9. The highest BCUT2D eigenvalue weighted by atomic mass is 19.1. The highest BCUT2D eigenvalue weighted by Crippen LogP contribution is 2.29. The third-order valence-electron chi connectivity index (χ3n) is 8.19. The molecule has 0 saturated carbocycles. The molecule has 6 rings (SSSR count). The van der Waals surface area contributed by atoms with E-state index in [1.165, 1.54) is 12.1 Å². The fourth-order valence-electron chi connectivity index (χ4n) is 5.60. The Labute approximate surface area is 258 Å². The molecule has 232 valence electrons. The van der Waals surface area contributed by atoms with Crippen molar-refractivity contribution in [2.45, 2.75) is 51.0 Å². The number of carboxylic acid groups (broad SMARTS) is 1. The van der Waals surface area contributed by atoms with E-state index in [1.54, 1.807) is 36.5 Å². The number of aliphatic carboxylic acids is 1. The molecular formula is C32H32FN7O5. The minimum absolute atomic E-state index is 0.00611. The first-order valence-electron chi connectivity index (χ1n) is 14.8. The lowest BCUT2D eigenvalue weighted by molar-refractivity contribution is -0.135. The van der Waals surface area contributed by atoms with Gasteiger partial charge in [-0.3, -0.25) is 14.5 Å². The number of benzene rings is 2. The van der Waals surface area contributed by atoms with Gasteiger partial charge in [0.25, 0.3) is 5.91 Å². The van der Waals surface area contributed by atoms with E-state index in [9.17, 15) is 14.0 Å². The number of carbonyl (C=O) groups excluding carboxylic acids is 1. The zero-order chi connectivity index (χ0) is 31.3. The van der Waals surface area contributed by atoms with Crippen molar-refractivity contribution in [1.29, 1.82) is 5.26 Å². The second kappa shape index (κ2) is 13.4. The molecule has 0 unspecified atom stereocenters. The van der Waals surface area contributed by atoms with Crippen LogP contribution in [-0.2, 0) is 29.2 Å². The number of fused-ring (bicyclic) bond motifs is 1. The lowest BCUT2D eigenvalue weighted by atomic mass is 9.96. The number of likely N-dealkylation sites (tertiary alicyclic amines) is 1. The predicted molar refractivity (Wildman–Crippen MR) is 159 cm³/mol. The van der Waals surface area contributed by atoms with Crippen LogP contribution < -0.4 is 10.1 Å². The first-order valence-corrected chi connectivity index (χ1v) is 14.8. The number of nitrogens with one attached hydrogen (secondary N) is 1. The van der Waals surface area contributed by atoms with Crippen molar-refractivity contribution in [3.05, 3.63) is 82.8 Å². The van der Waals surface area contributed by atoms with Gasteiger partial charge in [-0.25, -0.2) is 14.4 Å². The van der Waals surface area contributed by atoms with Crippen molar-refractivity contribution < 1.29 is 28.6 Å². The van der Waals surface area contributed by atoms with E-state index in [0.29, 0.717) is 35.9 Å². The number of amides is 1. The van der Waals surface area contributed by atoms with E-state index < -0.39 is 24.2 Å². The summed E-state index contributed by atoms with van der Waals surface area (Å²) in [4.78, 5) is 39.8. The second-order valence-electron chi connectivity index (χ2n) is 11.2. The Morgan fingerprint density at radius 1 is 1.13 bits per heavy atom. The van der Waals surface area contributed by atoms with Crippen LogP contribution in [0.2, 0.25) is 0 Å². The molecule has 0 spiro atoms. The van der Waals surface area contributed by atoms with Gasteiger partial charge in [-0.05, 0) is 62.7 Å². The molecule has 4 aromatic rings. The molecule has 1 amide bonds. The molecule has 0 bridgehead atoms. The number of carbonyl (C=O) groups is 2. The Morgan fingerprint density at radius 2 is 1.96 bits per heavy atom. The number of aromatic nitrogens is 4. The zero-order valence-electron chi connectivity index (χ0n) is 24.5. The Bertz CT molecular complexity index is 1760. The number of nitrogens with zero attached hydrogens (tertiary/aromatic N) is 6. The average Bonchev–Trinajstić information content (AvgIpc) is 3.37. The van der Waals surface area contributed by atoms with Crippen molar-refractivity contribution in [3.8, 4) is 11.9 Å². The monoisotopic (exact) mass is 613 g/mol. The number of nitriles is 1. The van der Waals surface area contributed by atoms with Gasteiger partial charge in [0.1, 0.15) is 30.6 Å². The van der Waals surface area contributed by atoms with E-state index in [-0.39, 0.29) is 24.2 Å². The standard InChI is InChI=1S/C32H32FN7O5/c33-25-13-20(15-34)1-2-23(25)19-45-29-5-9-35-31(38-29)21-6-10-39(11-7-21)18-28-37-26-4-3-22(32(43)36-16-30(41)42)14-27(26)40(28)17-24-8-12-44-24/h1-5,9,13-14,21,24H,6-8,10-12,16-19H2,(H,36,43)(H,41,42)/t24-/m0/s1. The molecule has 1 atom stereocenters. The van der Waals surface area contributed by atoms with Crippen LogP contribution in [0, 0.1) is 17.1 Å². The van der Waals surface area contributed by atoms with Gasteiger partial charge in [-0.2, -0.15) is 10.2 Å². The summed E-state index contributed by atoms with van der Waals surface area (Å²) >= 11 is 0.